The van der Waals surface area contributed by atoms with Crippen molar-refractivity contribution in [1.82, 2.24) is 4.57 Å². The highest BCUT2D eigenvalue weighted by atomic mass is 16.6. The van der Waals surface area contributed by atoms with Crippen LogP contribution in [0.3, 0.4) is 0 Å². The third kappa shape index (κ3) is 2.91. The van der Waals surface area contributed by atoms with Gasteiger partial charge in [-0.1, -0.05) is 48.0 Å². The van der Waals surface area contributed by atoms with E-state index in [1.807, 2.05) is 6.07 Å². The molecule has 1 aromatic heterocycles. The largest absolute Gasteiger partial charge is 0.270 e. The Hall–Kier alpha value is -3.73. The Balaban J connectivity index is 1.79. The molecule has 0 N–H and O–H groups in total. The van der Waals surface area contributed by atoms with Crippen molar-refractivity contribution in [2.24, 2.45) is 0 Å². The standard InChI is InChI=1S/C24H20N3O2/c1-17-9-12-20(13-10-17)26-23(19-6-4-7-21(15-19)27(28)29)16-25-22-8-3-2-5-18(22)11-14-24(25)26/h2-10,12-13,15-16H,11,14H2,1H3/q+1. The first-order chi connectivity index (χ1) is 14.1. The predicted molar refractivity (Wildman–Crippen MR) is 112 cm³/mol. The summed E-state index contributed by atoms with van der Waals surface area (Å²) in [5.41, 5.74) is 6.63. The number of nitrogens with zero attached hydrogens (tertiary/aromatic N) is 3. The zero-order valence-electron chi connectivity index (χ0n) is 16.1. The van der Waals surface area contributed by atoms with E-state index in [1.165, 1.54) is 28.7 Å². The van der Waals surface area contributed by atoms with E-state index in [1.54, 1.807) is 12.1 Å². The van der Waals surface area contributed by atoms with Crippen molar-refractivity contribution in [3.05, 3.63) is 106 Å². The van der Waals surface area contributed by atoms with Crippen LogP contribution < -0.4 is 4.57 Å². The van der Waals surface area contributed by atoms with Crippen molar-refractivity contribution in [1.29, 1.82) is 0 Å². The Morgan fingerprint density at radius 2 is 1.76 bits per heavy atom. The molecule has 0 spiro atoms. The first-order valence-electron chi connectivity index (χ1n) is 9.68. The molecular formula is C24H20N3O2+. The number of aromatic nitrogens is 2. The third-order valence-corrected chi connectivity index (χ3v) is 5.54. The van der Waals surface area contributed by atoms with Gasteiger partial charge in [0.1, 0.15) is 17.6 Å². The summed E-state index contributed by atoms with van der Waals surface area (Å²) in [4.78, 5) is 11.0. The number of aryl methyl sites for hydroxylation is 2. The summed E-state index contributed by atoms with van der Waals surface area (Å²) in [5.74, 6) is 1.18. The van der Waals surface area contributed by atoms with Gasteiger partial charge in [-0.05, 0) is 37.1 Å². The molecule has 0 radical (unpaired) electrons. The van der Waals surface area contributed by atoms with Crippen LogP contribution in [0.4, 0.5) is 5.69 Å². The van der Waals surface area contributed by atoms with Gasteiger partial charge in [-0.15, -0.1) is 0 Å². The lowest BCUT2D eigenvalue weighted by Gasteiger charge is -2.14. The molecule has 5 rings (SSSR count). The fourth-order valence-electron chi connectivity index (χ4n) is 4.11. The topological polar surface area (TPSA) is 51.9 Å². The second-order valence-corrected chi connectivity index (χ2v) is 7.41. The zero-order chi connectivity index (χ0) is 20.0. The summed E-state index contributed by atoms with van der Waals surface area (Å²) >= 11 is 0. The summed E-state index contributed by atoms with van der Waals surface area (Å²) in [5, 5.41) is 11.3. The molecule has 5 heteroatoms. The Bertz CT molecular complexity index is 1240. The lowest BCUT2D eigenvalue weighted by molar-refractivity contribution is -0.606. The van der Waals surface area contributed by atoms with E-state index in [2.05, 4.69) is 70.8 Å². The summed E-state index contributed by atoms with van der Waals surface area (Å²) in [7, 11) is 0. The maximum atomic E-state index is 11.3. The number of imidazole rings is 1. The highest BCUT2D eigenvalue weighted by molar-refractivity contribution is 5.65. The number of non-ortho nitro benzene ring substituents is 1. The normalized spacial score (nSPS) is 12.3. The van der Waals surface area contributed by atoms with Gasteiger partial charge in [0.2, 0.25) is 0 Å². The molecule has 3 aromatic carbocycles. The van der Waals surface area contributed by atoms with Gasteiger partial charge in [-0.2, -0.15) is 9.13 Å². The van der Waals surface area contributed by atoms with Crippen LogP contribution in [-0.4, -0.2) is 9.49 Å². The molecule has 29 heavy (non-hydrogen) atoms. The number of nitro benzene ring substituents is 1. The smallest absolute Gasteiger partial charge is 0.258 e. The minimum Gasteiger partial charge on any atom is -0.258 e. The van der Waals surface area contributed by atoms with Crippen LogP contribution in [-0.2, 0) is 12.8 Å². The van der Waals surface area contributed by atoms with Crippen LogP contribution in [0, 0.1) is 17.0 Å². The van der Waals surface area contributed by atoms with Gasteiger partial charge in [0.05, 0.1) is 11.3 Å². The van der Waals surface area contributed by atoms with E-state index < -0.39 is 0 Å². The lowest BCUT2D eigenvalue weighted by atomic mass is 10.0. The second-order valence-electron chi connectivity index (χ2n) is 7.41. The average Bonchev–Trinajstić information content (AvgIpc) is 3.14. The Labute approximate surface area is 168 Å². The minimum absolute atomic E-state index is 0.0996. The highest BCUT2D eigenvalue weighted by Crippen LogP contribution is 2.30. The first-order valence-corrected chi connectivity index (χ1v) is 9.68. The molecule has 0 atom stereocenters. The van der Waals surface area contributed by atoms with E-state index in [0.29, 0.717) is 0 Å². The zero-order valence-corrected chi connectivity index (χ0v) is 16.1. The maximum Gasteiger partial charge on any atom is 0.270 e. The van der Waals surface area contributed by atoms with Crippen molar-refractivity contribution in [3.8, 4) is 22.6 Å². The van der Waals surface area contributed by atoms with Crippen LogP contribution in [0.5, 0.6) is 0 Å². The van der Waals surface area contributed by atoms with Crippen LogP contribution in [0.25, 0.3) is 22.6 Å². The molecule has 1 aliphatic rings. The predicted octanol–water partition coefficient (Wildman–Crippen LogP) is 4.74. The molecule has 0 aliphatic carbocycles. The van der Waals surface area contributed by atoms with E-state index in [-0.39, 0.29) is 10.6 Å². The van der Waals surface area contributed by atoms with E-state index in [9.17, 15) is 10.1 Å². The monoisotopic (exact) mass is 382 g/mol. The summed E-state index contributed by atoms with van der Waals surface area (Å²) < 4.78 is 4.46. The fourth-order valence-corrected chi connectivity index (χ4v) is 4.11. The molecule has 0 fully saturated rings. The molecule has 1 aliphatic heterocycles. The van der Waals surface area contributed by atoms with Crippen molar-refractivity contribution in [2.75, 3.05) is 0 Å². The van der Waals surface area contributed by atoms with E-state index >= 15 is 0 Å². The van der Waals surface area contributed by atoms with Crippen LogP contribution in [0.15, 0.2) is 79.0 Å². The van der Waals surface area contributed by atoms with Crippen LogP contribution in [0.1, 0.15) is 17.0 Å². The van der Waals surface area contributed by atoms with Gasteiger partial charge < -0.3 is 0 Å². The van der Waals surface area contributed by atoms with E-state index in [4.69, 9.17) is 0 Å². The second kappa shape index (κ2) is 6.71. The van der Waals surface area contributed by atoms with Gasteiger partial charge in [-0.3, -0.25) is 10.1 Å². The van der Waals surface area contributed by atoms with E-state index in [0.717, 1.165) is 29.8 Å². The number of rotatable bonds is 3. The SMILES string of the molecule is Cc1ccc(-n2c(-c3cccc([N+](=O)[O-])c3)c[n+]3c2CCc2ccccc2-3)cc1. The number of nitro groups is 1. The number of fused-ring (bicyclic) bond motifs is 3. The summed E-state index contributed by atoms with van der Waals surface area (Å²) in [6.45, 7) is 2.07. The van der Waals surface area contributed by atoms with Crippen molar-refractivity contribution in [3.63, 3.8) is 0 Å². The fraction of sp³-hybridized carbons (Fsp3) is 0.125. The van der Waals surface area contributed by atoms with Crippen molar-refractivity contribution in [2.45, 2.75) is 19.8 Å². The van der Waals surface area contributed by atoms with Crippen LogP contribution >= 0.6 is 0 Å². The minimum atomic E-state index is -0.342. The molecule has 4 aromatic rings. The Morgan fingerprint density at radius 3 is 2.55 bits per heavy atom. The maximum absolute atomic E-state index is 11.3. The van der Waals surface area contributed by atoms with Gasteiger partial charge in [0.25, 0.3) is 11.5 Å². The number of hydrogen-bond acceptors (Lipinski definition) is 2. The lowest BCUT2D eigenvalue weighted by Crippen LogP contribution is -2.39. The van der Waals surface area contributed by atoms with Gasteiger partial charge in [0, 0.05) is 17.7 Å². The van der Waals surface area contributed by atoms with Crippen LogP contribution in [0.2, 0.25) is 0 Å². The first kappa shape index (κ1) is 17.4. The van der Waals surface area contributed by atoms with Gasteiger partial charge in [0.15, 0.2) is 5.69 Å². The highest BCUT2D eigenvalue weighted by Gasteiger charge is 2.31. The van der Waals surface area contributed by atoms with Crippen molar-refractivity contribution >= 4 is 5.69 Å². The Kier molecular flexibility index (Phi) is 4.02. The quantitative estimate of drug-likeness (QED) is 0.292. The van der Waals surface area contributed by atoms with Gasteiger partial charge >= 0.3 is 0 Å². The number of hydrogen-bond donors (Lipinski definition) is 0. The molecule has 0 amide bonds. The molecule has 0 saturated heterocycles. The molecule has 0 bridgehead atoms. The Morgan fingerprint density at radius 1 is 0.966 bits per heavy atom. The third-order valence-electron chi connectivity index (χ3n) is 5.54. The molecule has 2 heterocycles. The molecule has 5 nitrogen and oxygen atoms in total. The van der Waals surface area contributed by atoms with Gasteiger partial charge in [-0.25, -0.2) is 0 Å². The number of para-hydroxylation sites is 1. The average molecular weight is 382 g/mol. The molecule has 0 unspecified atom stereocenters. The molecule has 0 saturated carbocycles. The van der Waals surface area contributed by atoms with Crippen molar-refractivity contribution < 1.29 is 9.49 Å². The molecular weight excluding hydrogens is 362 g/mol. The summed E-state index contributed by atoms with van der Waals surface area (Å²) in [6.07, 6.45) is 3.98. The summed E-state index contributed by atoms with van der Waals surface area (Å²) in [6, 6.07) is 23.7. The number of benzene rings is 3. The molecule has 142 valence electrons.